The summed E-state index contributed by atoms with van der Waals surface area (Å²) in [6.07, 6.45) is -0.296. The van der Waals surface area contributed by atoms with Crippen molar-refractivity contribution in [2.45, 2.75) is 11.3 Å². The lowest BCUT2D eigenvalue weighted by molar-refractivity contribution is -0.115. The van der Waals surface area contributed by atoms with Gasteiger partial charge in [0.25, 0.3) is 11.8 Å². The minimum atomic E-state index is -3.66. The molecule has 0 saturated heterocycles. The maximum atomic E-state index is 12.4. The quantitative estimate of drug-likeness (QED) is 0.737. The molecule has 28 heavy (non-hydrogen) atoms. The smallest absolute Gasteiger partial charge is 0.263 e. The Bertz CT molecular complexity index is 1060. The summed E-state index contributed by atoms with van der Waals surface area (Å²) in [5, 5.41) is 2.53. The molecule has 0 aromatic heterocycles. The molecule has 2 aromatic carbocycles. The van der Waals surface area contributed by atoms with E-state index >= 15 is 0 Å². The third-order valence-corrected chi connectivity index (χ3v) is 6.14. The zero-order chi connectivity index (χ0) is 20.5. The monoisotopic (exact) mass is 402 g/mol. The van der Waals surface area contributed by atoms with Gasteiger partial charge in [-0.05, 0) is 36.4 Å². The van der Waals surface area contributed by atoms with Gasteiger partial charge < -0.3 is 10.1 Å². The Balaban J connectivity index is 1.70. The second-order valence-electron chi connectivity index (χ2n) is 6.19. The molecule has 0 fully saturated rings. The molecule has 8 nitrogen and oxygen atoms in total. The first-order chi connectivity index (χ1) is 13.2. The van der Waals surface area contributed by atoms with Crippen molar-refractivity contribution >= 4 is 33.2 Å². The van der Waals surface area contributed by atoms with Crippen LogP contribution < -0.4 is 10.1 Å². The Morgan fingerprint density at radius 3 is 2.39 bits per heavy atom. The Morgan fingerprint density at radius 2 is 1.75 bits per heavy atom. The summed E-state index contributed by atoms with van der Waals surface area (Å²) in [5.41, 5.74) is 0.504. The van der Waals surface area contributed by atoms with Crippen LogP contribution in [-0.2, 0) is 14.6 Å². The molecule has 1 aliphatic rings. The average molecular weight is 402 g/mol. The fourth-order valence-corrected chi connectivity index (χ4v) is 4.09. The zero-order valence-electron chi connectivity index (χ0n) is 15.3. The summed E-state index contributed by atoms with van der Waals surface area (Å²) in [4.78, 5) is 37.5. The Kier molecular flexibility index (Phi) is 5.19. The van der Waals surface area contributed by atoms with Crippen LogP contribution in [0, 0.1) is 0 Å². The van der Waals surface area contributed by atoms with Crippen LogP contribution in [0.4, 0.5) is 5.69 Å². The number of carbonyl (C=O) groups excluding carboxylic acids is 3. The highest BCUT2D eigenvalue weighted by Crippen LogP contribution is 2.28. The number of benzene rings is 2. The van der Waals surface area contributed by atoms with Crippen LogP contribution in [0.2, 0.25) is 0 Å². The van der Waals surface area contributed by atoms with Gasteiger partial charge in [0.05, 0.1) is 34.6 Å². The van der Waals surface area contributed by atoms with Gasteiger partial charge in [0.1, 0.15) is 5.75 Å². The van der Waals surface area contributed by atoms with E-state index in [1.54, 1.807) is 6.07 Å². The van der Waals surface area contributed by atoms with Crippen molar-refractivity contribution in [3.05, 3.63) is 53.6 Å². The molecular formula is C19H18N2O6S. The van der Waals surface area contributed by atoms with Gasteiger partial charge in [-0.3, -0.25) is 19.3 Å². The van der Waals surface area contributed by atoms with Gasteiger partial charge in [0, 0.05) is 13.5 Å². The first kappa shape index (κ1) is 19.6. The van der Waals surface area contributed by atoms with Gasteiger partial charge in [0.15, 0.2) is 9.84 Å². The third kappa shape index (κ3) is 3.61. The average Bonchev–Trinajstić information content (AvgIpc) is 2.91. The normalized spacial score (nSPS) is 13.4. The van der Waals surface area contributed by atoms with Gasteiger partial charge in [-0.2, -0.15) is 0 Å². The molecule has 2 aromatic rings. The minimum absolute atomic E-state index is 0.0871. The van der Waals surface area contributed by atoms with Crippen LogP contribution in [0.5, 0.6) is 5.75 Å². The van der Waals surface area contributed by atoms with E-state index in [4.69, 9.17) is 4.74 Å². The highest BCUT2D eigenvalue weighted by atomic mass is 32.2. The number of hydrogen-bond donors (Lipinski definition) is 1. The van der Waals surface area contributed by atoms with Gasteiger partial charge in [0.2, 0.25) is 5.91 Å². The molecule has 9 heteroatoms. The molecule has 0 atom stereocenters. The molecule has 146 valence electrons. The van der Waals surface area contributed by atoms with Crippen LogP contribution in [0.25, 0.3) is 0 Å². The standard InChI is InChI=1S/C19H18N2O6S/c1-21-18(23)14-4-3-5-15(17(14)19(21)24)20-16(22)10-11-28(25,26)13-8-6-12(27-2)7-9-13/h3-9H,10-11H2,1-2H3,(H,20,22). The van der Waals surface area contributed by atoms with Crippen LogP contribution >= 0.6 is 0 Å². The fraction of sp³-hybridized carbons (Fsp3) is 0.211. The molecule has 0 bridgehead atoms. The molecular weight excluding hydrogens is 384 g/mol. The van der Waals surface area contributed by atoms with E-state index in [1.807, 2.05) is 0 Å². The maximum Gasteiger partial charge on any atom is 0.263 e. The maximum absolute atomic E-state index is 12.4. The summed E-state index contributed by atoms with van der Waals surface area (Å²) < 4.78 is 29.8. The first-order valence-electron chi connectivity index (χ1n) is 8.36. The van der Waals surface area contributed by atoms with Crippen molar-refractivity contribution in [1.29, 1.82) is 0 Å². The Morgan fingerprint density at radius 1 is 1.07 bits per heavy atom. The predicted molar refractivity (Wildman–Crippen MR) is 101 cm³/mol. The van der Waals surface area contributed by atoms with Crippen molar-refractivity contribution in [1.82, 2.24) is 4.90 Å². The van der Waals surface area contributed by atoms with Crippen molar-refractivity contribution < 1.29 is 27.5 Å². The fourth-order valence-electron chi connectivity index (χ4n) is 2.85. The highest BCUT2D eigenvalue weighted by Gasteiger charge is 2.35. The molecule has 0 aliphatic carbocycles. The van der Waals surface area contributed by atoms with Gasteiger partial charge in [-0.25, -0.2) is 8.42 Å². The lowest BCUT2D eigenvalue weighted by atomic mass is 10.1. The van der Waals surface area contributed by atoms with Crippen molar-refractivity contribution in [3.8, 4) is 5.75 Å². The Hall–Kier alpha value is -3.20. The number of carbonyl (C=O) groups is 3. The third-order valence-electron chi connectivity index (χ3n) is 4.41. The van der Waals surface area contributed by atoms with E-state index in [0.29, 0.717) is 5.75 Å². The SMILES string of the molecule is COc1ccc(S(=O)(=O)CCC(=O)Nc2cccc3c2C(=O)N(C)C3=O)cc1. The van der Waals surface area contributed by atoms with Gasteiger partial charge in [-0.15, -0.1) is 0 Å². The topological polar surface area (TPSA) is 110 Å². The van der Waals surface area contributed by atoms with Crippen LogP contribution in [-0.4, -0.2) is 50.9 Å². The highest BCUT2D eigenvalue weighted by molar-refractivity contribution is 7.91. The van der Waals surface area contributed by atoms with Crippen molar-refractivity contribution in [2.75, 3.05) is 25.2 Å². The predicted octanol–water partition coefficient (Wildman–Crippen LogP) is 1.72. The van der Waals surface area contributed by atoms with Gasteiger partial charge in [-0.1, -0.05) is 6.07 Å². The van der Waals surface area contributed by atoms with E-state index in [2.05, 4.69) is 5.32 Å². The van der Waals surface area contributed by atoms with Crippen molar-refractivity contribution in [2.24, 2.45) is 0 Å². The molecule has 3 amide bonds. The number of amides is 3. The largest absolute Gasteiger partial charge is 0.497 e. The van der Waals surface area contributed by atoms with Crippen LogP contribution in [0.3, 0.4) is 0 Å². The summed E-state index contributed by atoms with van der Waals surface area (Å²) >= 11 is 0. The number of nitrogens with one attached hydrogen (secondary N) is 1. The lowest BCUT2D eigenvalue weighted by Crippen LogP contribution is -2.24. The molecule has 0 unspecified atom stereocenters. The van der Waals surface area contributed by atoms with Crippen LogP contribution in [0.15, 0.2) is 47.4 Å². The second kappa shape index (κ2) is 7.43. The molecule has 1 N–H and O–H groups in total. The van der Waals surface area contributed by atoms with Crippen molar-refractivity contribution in [3.63, 3.8) is 0 Å². The number of sulfone groups is 1. The number of anilines is 1. The minimum Gasteiger partial charge on any atom is -0.497 e. The number of ether oxygens (including phenoxy) is 1. The molecule has 0 radical (unpaired) electrons. The number of nitrogens with zero attached hydrogens (tertiary/aromatic N) is 1. The number of methoxy groups -OCH3 is 1. The summed E-state index contributed by atoms with van der Waals surface area (Å²) in [7, 11) is -0.823. The number of rotatable bonds is 6. The first-order valence-corrected chi connectivity index (χ1v) is 10.0. The number of hydrogen-bond acceptors (Lipinski definition) is 6. The molecule has 1 heterocycles. The van der Waals surface area contributed by atoms with E-state index < -0.39 is 33.3 Å². The molecule has 1 aliphatic heterocycles. The van der Waals surface area contributed by atoms with E-state index in [9.17, 15) is 22.8 Å². The lowest BCUT2D eigenvalue weighted by Gasteiger charge is -2.09. The van der Waals surface area contributed by atoms with E-state index in [-0.39, 0.29) is 28.1 Å². The van der Waals surface area contributed by atoms with E-state index in [1.165, 1.54) is 50.6 Å². The molecule has 0 spiro atoms. The van der Waals surface area contributed by atoms with Gasteiger partial charge >= 0.3 is 0 Å². The summed E-state index contributed by atoms with van der Waals surface area (Å²) in [5.74, 6) is -1.40. The van der Waals surface area contributed by atoms with E-state index in [0.717, 1.165) is 4.90 Å². The molecule has 0 saturated carbocycles. The zero-order valence-corrected chi connectivity index (χ0v) is 16.1. The number of fused-ring (bicyclic) bond motifs is 1. The summed E-state index contributed by atoms with van der Waals surface area (Å²) in [6.45, 7) is 0. The second-order valence-corrected chi connectivity index (χ2v) is 8.30. The Labute approximate surface area is 162 Å². The molecule has 3 rings (SSSR count). The number of imide groups is 1. The summed E-state index contributed by atoms with van der Waals surface area (Å²) in [6, 6.07) is 10.4. The van der Waals surface area contributed by atoms with Crippen LogP contribution in [0.1, 0.15) is 27.1 Å².